The van der Waals surface area contributed by atoms with Crippen LogP contribution in [0.15, 0.2) is 40.9 Å². The molecule has 2 N–H and O–H groups in total. The molecule has 0 aromatic heterocycles. The molecule has 0 spiro atoms. The van der Waals surface area contributed by atoms with Crippen molar-refractivity contribution in [2.45, 2.75) is 13.5 Å². The predicted octanol–water partition coefficient (Wildman–Crippen LogP) is 3.84. The van der Waals surface area contributed by atoms with Crippen molar-refractivity contribution >= 4 is 27.6 Å². The van der Waals surface area contributed by atoms with Crippen LogP contribution in [0.25, 0.3) is 0 Å². The molecule has 0 heterocycles. The van der Waals surface area contributed by atoms with Gasteiger partial charge in [-0.3, -0.25) is 0 Å². The fraction of sp³-hybridized carbons (Fsp3) is 0.133. The molecule has 0 saturated carbocycles. The third kappa shape index (κ3) is 3.17. The van der Waals surface area contributed by atoms with Gasteiger partial charge in [0.05, 0.1) is 5.56 Å². The molecule has 104 valence electrons. The zero-order valence-corrected chi connectivity index (χ0v) is 12.4. The van der Waals surface area contributed by atoms with Crippen LogP contribution in [0.3, 0.4) is 0 Å². The van der Waals surface area contributed by atoms with Crippen molar-refractivity contribution in [3.63, 3.8) is 0 Å². The maximum atomic E-state index is 13.4. The summed E-state index contributed by atoms with van der Waals surface area (Å²) in [7, 11) is 0. The Morgan fingerprint density at radius 3 is 2.75 bits per heavy atom. The standard InChI is InChI=1S/C15H13BrFNO2/c1-9-12(6-11(16)7-14(9)18)15(19)20-8-10-4-2-3-5-13(10)17/h2-7H,8,18H2,1H3. The molecule has 0 saturated heterocycles. The van der Waals surface area contributed by atoms with E-state index >= 15 is 0 Å². The maximum absolute atomic E-state index is 13.4. The van der Waals surface area contributed by atoms with Crippen molar-refractivity contribution in [1.29, 1.82) is 0 Å². The van der Waals surface area contributed by atoms with E-state index in [0.29, 0.717) is 26.9 Å². The van der Waals surface area contributed by atoms with E-state index in [-0.39, 0.29) is 6.61 Å². The highest BCUT2D eigenvalue weighted by Gasteiger charge is 2.14. The van der Waals surface area contributed by atoms with Gasteiger partial charge in [-0.25, -0.2) is 9.18 Å². The van der Waals surface area contributed by atoms with Crippen LogP contribution >= 0.6 is 15.9 Å². The van der Waals surface area contributed by atoms with E-state index in [0.717, 1.165) is 0 Å². The average molecular weight is 338 g/mol. The summed E-state index contributed by atoms with van der Waals surface area (Å²) in [5.41, 5.74) is 7.64. The van der Waals surface area contributed by atoms with E-state index in [2.05, 4.69) is 15.9 Å². The molecule has 0 radical (unpaired) electrons. The molecule has 0 aliphatic heterocycles. The van der Waals surface area contributed by atoms with Crippen LogP contribution < -0.4 is 5.73 Å². The second-order valence-corrected chi connectivity index (χ2v) is 5.25. The summed E-state index contributed by atoms with van der Waals surface area (Å²) in [4.78, 5) is 12.0. The van der Waals surface area contributed by atoms with Crippen LogP contribution in [-0.4, -0.2) is 5.97 Å². The van der Waals surface area contributed by atoms with Crippen LogP contribution in [0.5, 0.6) is 0 Å². The average Bonchev–Trinajstić information content (AvgIpc) is 2.41. The number of nitrogens with two attached hydrogens (primary N) is 1. The fourth-order valence-electron chi connectivity index (χ4n) is 1.75. The molecule has 20 heavy (non-hydrogen) atoms. The van der Waals surface area contributed by atoms with Crippen LogP contribution in [0, 0.1) is 12.7 Å². The lowest BCUT2D eigenvalue weighted by molar-refractivity contribution is 0.0468. The summed E-state index contributed by atoms with van der Waals surface area (Å²) in [6, 6.07) is 9.52. The van der Waals surface area contributed by atoms with Gasteiger partial charge in [0.15, 0.2) is 0 Å². The van der Waals surface area contributed by atoms with Crippen molar-refractivity contribution in [2.75, 3.05) is 5.73 Å². The highest BCUT2D eigenvalue weighted by Crippen LogP contribution is 2.23. The number of rotatable bonds is 3. The number of halogens is 2. The van der Waals surface area contributed by atoms with Gasteiger partial charge in [0, 0.05) is 15.7 Å². The first-order chi connectivity index (χ1) is 9.49. The minimum absolute atomic E-state index is 0.114. The number of ether oxygens (including phenoxy) is 1. The van der Waals surface area contributed by atoms with Crippen molar-refractivity contribution in [1.82, 2.24) is 0 Å². The van der Waals surface area contributed by atoms with Gasteiger partial charge >= 0.3 is 5.97 Å². The lowest BCUT2D eigenvalue weighted by Crippen LogP contribution is -2.09. The van der Waals surface area contributed by atoms with Crippen molar-refractivity contribution in [3.8, 4) is 0 Å². The first kappa shape index (κ1) is 14.5. The summed E-state index contributed by atoms with van der Waals surface area (Å²) >= 11 is 3.28. The van der Waals surface area contributed by atoms with E-state index in [9.17, 15) is 9.18 Å². The van der Waals surface area contributed by atoms with E-state index in [1.807, 2.05) is 0 Å². The van der Waals surface area contributed by atoms with Crippen LogP contribution in [0.2, 0.25) is 0 Å². The number of hydrogen-bond acceptors (Lipinski definition) is 3. The van der Waals surface area contributed by atoms with Gasteiger partial charge in [0.1, 0.15) is 12.4 Å². The molecule has 2 rings (SSSR count). The van der Waals surface area contributed by atoms with Crippen LogP contribution in [-0.2, 0) is 11.3 Å². The summed E-state index contributed by atoms with van der Waals surface area (Å²) in [6.07, 6.45) is 0. The van der Waals surface area contributed by atoms with Gasteiger partial charge in [-0.05, 0) is 30.7 Å². The summed E-state index contributed by atoms with van der Waals surface area (Å²) < 4.78 is 19.3. The van der Waals surface area contributed by atoms with Gasteiger partial charge in [-0.15, -0.1) is 0 Å². The van der Waals surface area contributed by atoms with Crippen molar-refractivity contribution in [3.05, 3.63) is 63.4 Å². The number of carbonyl (C=O) groups excluding carboxylic acids is 1. The summed E-state index contributed by atoms with van der Waals surface area (Å²) in [5, 5.41) is 0. The van der Waals surface area contributed by atoms with Gasteiger partial charge in [0.25, 0.3) is 0 Å². The van der Waals surface area contributed by atoms with Gasteiger partial charge in [-0.1, -0.05) is 34.1 Å². The second-order valence-electron chi connectivity index (χ2n) is 4.34. The third-order valence-electron chi connectivity index (χ3n) is 2.95. The lowest BCUT2D eigenvalue weighted by atomic mass is 10.1. The zero-order chi connectivity index (χ0) is 14.7. The van der Waals surface area contributed by atoms with E-state index in [1.165, 1.54) is 6.07 Å². The second kappa shape index (κ2) is 6.05. The summed E-state index contributed by atoms with van der Waals surface area (Å²) in [6.45, 7) is 1.62. The molecule has 0 bridgehead atoms. The highest BCUT2D eigenvalue weighted by atomic mass is 79.9. The van der Waals surface area contributed by atoms with Crippen LogP contribution in [0.1, 0.15) is 21.5 Å². The lowest BCUT2D eigenvalue weighted by Gasteiger charge is -2.10. The normalized spacial score (nSPS) is 10.3. The molecule has 5 heteroatoms. The number of carbonyl (C=O) groups is 1. The van der Waals surface area contributed by atoms with E-state index < -0.39 is 11.8 Å². The largest absolute Gasteiger partial charge is 0.457 e. The molecule has 0 amide bonds. The van der Waals surface area contributed by atoms with Crippen molar-refractivity contribution in [2.24, 2.45) is 0 Å². The fourth-order valence-corrected chi connectivity index (χ4v) is 2.22. The molecule has 0 fully saturated rings. The first-order valence-electron chi connectivity index (χ1n) is 5.95. The Morgan fingerprint density at radius 1 is 1.35 bits per heavy atom. The number of benzene rings is 2. The zero-order valence-electron chi connectivity index (χ0n) is 10.8. The van der Waals surface area contributed by atoms with E-state index in [1.54, 1.807) is 37.3 Å². The van der Waals surface area contributed by atoms with Crippen LogP contribution in [0.4, 0.5) is 10.1 Å². The smallest absolute Gasteiger partial charge is 0.338 e. The molecule has 2 aromatic carbocycles. The SMILES string of the molecule is Cc1c(N)cc(Br)cc1C(=O)OCc1ccccc1F. The topological polar surface area (TPSA) is 52.3 Å². The maximum Gasteiger partial charge on any atom is 0.338 e. The number of hydrogen-bond donors (Lipinski definition) is 1. The molecule has 2 aromatic rings. The van der Waals surface area contributed by atoms with Gasteiger partial charge in [0.2, 0.25) is 0 Å². The molecule has 0 atom stereocenters. The Bertz CT molecular complexity index is 658. The predicted molar refractivity (Wildman–Crippen MR) is 78.8 cm³/mol. The Hall–Kier alpha value is -1.88. The molecular weight excluding hydrogens is 325 g/mol. The Kier molecular flexibility index (Phi) is 4.39. The monoisotopic (exact) mass is 337 g/mol. The Morgan fingerprint density at radius 2 is 2.05 bits per heavy atom. The number of nitrogen functional groups attached to an aromatic ring is 1. The number of anilines is 1. The van der Waals surface area contributed by atoms with Gasteiger partial charge in [-0.2, -0.15) is 0 Å². The molecular formula is C15H13BrFNO2. The van der Waals surface area contributed by atoms with E-state index in [4.69, 9.17) is 10.5 Å². The van der Waals surface area contributed by atoms with Gasteiger partial charge < -0.3 is 10.5 Å². The minimum Gasteiger partial charge on any atom is -0.457 e. The molecule has 0 unspecified atom stereocenters. The first-order valence-corrected chi connectivity index (χ1v) is 6.74. The molecule has 3 nitrogen and oxygen atoms in total. The quantitative estimate of drug-likeness (QED) is 0.683. The van der Waals surface area contributed by atoms with Crippen molar-refractivity contribution < 1.29 is 13.9 Å². The minimum atomic E-state index is -0.529. The number of esters is 1. The third-order valence-corrected chi connectivity index (χ3v) is 3.41. The Balaban J connectivity index is 2.15. The summed E-state index contributed by atoms with van der Waals surface area (Å²) in [5.74, 6) is -0.926. The highest BCUT2D eigenvalue weighted by molar-refractivity contribution is 9.10. The Labute approximate surface area is 124 Å². The molecule has 0 aliphatic carbocycles. The molecule has 0 aliphatic rings.